The lowest BCUT2D eigenvalue weighted by Gasteiger charge is -2.35. The molecule has 4 nitrogen and oxygen atoms in total. The van der Waals surface area contributed by atoms with Crippen LogP contribution in [-0.4, -0.2) is 28.4 Å². The summed E-state index contributed by atoms with van der Waals surface area (Å²) in [6, 6.07) is 8.05. The average molecular weight is 328 g/mol. The quantitative estimate of drug-likeness (QED) is 0.847. The van der Waals surface area contributed by atoms with Crippen LogP contribution in [0.15, 0.2) is 29.6 Å². The van der Waals surface area contributed by atoms with Crippen molar-refractivity contribution in [1.82, 2.24) is 9.88 Å². The Kier molecular flexibility index (Phi) is 3.81. The molecule has 2 atom stereocenters. The van der Waals surface area contributed by atoms with Gasteiger partial charge in [-0.3, -0.25) is 4.79 Å². The number of thiazole rings is 1. The van der Waals surface area contributed by atoms with E-state index in [-0.39, 0.29) is 18.1 Å². The zero-order valence-corrected chi connectivity index (χ0v) is 14.0. The number of hydrogen-bond donors (Lipinski definition) is 0. The summed E-state index contributed by atoms with van der Waals surface area (Å²) < 4.78 is 5.90. The Morgan fingerprint density at radius 1 is 1.35 bits per heavy atom. The fourth-order valence-corrected chi connectivity index (χ4v) is 4.42. The molecule has 2 aromatic rings. The molecule has 1 saturated heterocycles. The van der Waals surface area contributed by atoms with Gasteiger partial charge in [0.2, 0.25) is 0 Å². The number of aryl methyl sites for hydroxylation is 1. The number of piperidine rings is 1. The summed E-state index contributed by atoms with van der Waals surface area (Å²) in [6.45, 7) is 2.81. The fraction of sp³-hybridized carbons (Fsp3) is 0.444. The number of hydrogen-bond acceptors (Lipinski definition) is 4. The monoisotopic (exact) mass is 328 g/mol. The summed E-state index contributed by atoms with van der Waals surface area (Å²) in [5.41, 5.74) is 2.16. The van der Waals surface area contributed by atoms with Gasteiger partial charge in [0.25, 0.3) is 5.91 Å². The van der Waals surface area contributed by atoms with Crippen molar-refractivity contribution in [3.63, 3.8) is 0 Å². The normalized spacial score (nSPS) is 23.4. The summed E-state index contributed by atoms with van der Waals surface area (Å²) in [5.74, 6) is 0.961. The number of benzene rings is 1. The zero-order valence-electron chi connectivity index (χ0n) is 13.2. The van der Waals surface area contributed by atoms with Crippen molar-refractivity contribution in [2.45, 2.75) is 44.8 Å². The topological polar surface area (TPSA) is 42.4 Å². The number of fused-ring (bicyclic) bond motifs is 1. The Hall–Kier alpha value is -1.88. The molecule has 0 saturated carbocycles. The molecule has 120 valence electrons. The van der Waals surface area contributed by atoms with E-state index in [1.54, 1.807) is 11.3 Å². The number of carbonyl (C=O) groups excluding carboxylic acids is 1. The maximum absolute atomic E-state index is 13.0. The molecule has 23 heavy (non-hydrogen) atoms. The highest BCUT2D eigenvalue weighted by molar-refractivity contribution is 7.09. The minimum Gasteiger partial charge on any atom is -0.480 e. The predicted molar refractivity (Wildman–Crippen MR) is 89.7 cm³/mol. The average Bonchev–Trinajstić information content (AvgIpc) is 3.20. The van der Waals surface area contributed by atoms with Crippen LogP contribution in [0.4, 0.5) is 0 Å². The van der Waals surface area contributed by atoms with Gasteiger partial charge in [-0.15, -0.1) is 11.3 Å². The lowest BCUT2D eigenvalue weighted by atomic mass is 10.0. The Balaban J connectivity index is 1.55. The maximum Gasteiger partial charge on any atom is 0.264 e. The van der Waals surface area contributed by atoms with Gasteiger partial charge < -0.3 is 9.64 Å². The highest BCUT2D eigenvalue weighted by atomic mass is 32.1. The van der Waals surface area contributed by atoms with Gasteiger partial charge in [0.15, 0.2) is 6.10 Å². The lowest BCUT2D eigenvalue weighted by molar-refractivity contribution is -0.142. The Morgan fingerprint density at radius 3 is 3.00 bits per heavy atom. The molecule has 0 aliphatic carbocycles. The predicted octanol–water partition coefficient (Wildman–Crippen LogP) is 3.51. The Bertz CT molecular complexity index is 702. The second-order valence-corrected chi connectivity index (χ2v) is 7.18. The van der Waals surface area contributed by atoms with Gasteiger partial charge in [-0.2, -0.15) is 0 Å². The van der Waals surface area contributed by atoms with Crippen molar-refractivity contribution in [1.29, 1.82) is 0 Å². The first-order chi connectivity index (χ1) is 11.2. The van der Waals surface area contributed by atoms with E-state index in [0.29, 0.717) is 6.42 Å². The van der Waals surface area contributed by atoms with Gasteiger partial charge in [0.1, 0.15) is 10.8 Å². The molecule has 0 spiro atoms. The summed E-state index contributed by atoms with van der Waals surface area (Å²) in [7, 11) is 0. The second-order valence-electron chi connectivity index (χ2n) is 6.29. The van der Waals surface area contributed by atoms with Gasteiger partial charge in [-0.1, -0.05) is 18.2 Å². The molecule has 2 aliphatic heterocycles. The van der Waals surface area contributed by atoms with Crippen LogP contribution >= 0.6 is 11.3 Å². The van der Waals surface area contributed by atoms with Crippen LogP contribution in [0.25, 0.3) is 0 Å². The van der Waals surface area contributed by atoms with Crippen molar-refractivity contribution < 1.29 is 9.53 Å². The van der Waals surface area contributed by atoms with Crippen LogP contribution in [0.2, 0.25) is 0 Å². The number of para-hydroxylation sites is 1. The SMILES string of the molecule is Cc1csc([C@@H]2CCCCN2C(=O)[C@H]2Cc3ccccc3O2)n1. The van der Waals surface area contributed by atoms with Crippen LogP contribution in [-0.2, 0) is 11.2 Å². The van der Waals surface area contributed by atoms with Crippen LogP contribution in [0.5, 0.6) is 5.75 Å². The molecule has 4 rings (SSSR count). The van der Waals surface area contributed by atoms with E-state index in [4.69, 9.17) is 4.74 Å². The van der Waals surface area contributed by atoms with E-state index >= 15 is 0 Å². The largest absolute Gasteiger partial charge is 0.480 e. The van der Waals surface area contributed by atoms with E-state index < -0.39 is 0 Å². The molecule has 1 aromatic heterocycles. The summed E-state index contributed by atoms with van der Waals surface area (Å²) in [5, 5.41) is 3.13. The third-order valence-electron chi connectivity index (χ3n) is 4.63. The summed E-state index contributed by atoms with van der Waals surface area (Å²) in [4.78, 5) is 19.7. The van der Waals surface area contributed by atoms with E-state index in [1.165, 1.54) is 0 Å². The van der Waals surface area contributed by atoms with Crippen LogP contribution in [0.1, 0.15) is 41.6 Å². The van der Waals surface area contributed by atoms with Crippen molar-refractivity contribution in [3.8, 4) is 5.75 Å². The first-order valence-corrected chi connectivity index (χ1v) is 9.07. The molecule has 0 bridgehead atoms. The van der Waals surface area contributed by atoms with E-state index in [2.05, 4.69) is 10.4 Å². The summed E-state index contributed by atoms with van der Waals surface area (Å²) >= 11 is 1.66. The Labute approximate surface area is 140 Å². The minimum atomic E-state index is -0.381. The van der Waals surface area contributed by atoms with Gasteiger partial charge in [0, 0.05) is 24.0 Å². The lowest BCUT2D eigenvalue weighted by Crippen LogP contribution is -2.45. The maximum atomic E-state index is 13.0. The molecule has 0 N–H and O–H groups in total. The Morgan fingerprint density at radius 2 is 2.22 bits per heavy atom. The zero-order chi connectivity index (χ0) is 15.8. The summed E-state index contributed by atoms with van der Waals surface area (Å²) in [6.07, 6.45) is 3.51. The standard InChI is InChI=1S/C18H20N2O2S/c1-12-11-23-17(19-12)14-7-4-5-9-20(14)18(21)16-10-13-6-2-3-8-15(13)22-16/h2-3,6,8,11,14,16H,4-5,7,9-10H2,1H3/t14-,16+/m0/s1. The molecule has 1 aromatic carbocycles. The van der Waals surface area contributed by atoms with E-state index in [9.17, 15) is 4.79 Å². The molecular weight excluding hydrogens is 308 g/mol. The van der Waals surface area contributed by atoms with Crippen molar-refractivity contribution in [2.75, 3.05) is 6.54 Å². The number of aromatic nitrogens is 1. The highest BCUT2D eigenvalue weighted by Crippen LogP contribution is 2.35. The number of carbonyl (C=O) groups is 1. The molecule has 3 heterocycles. The smallest absolute Gasteiger partial charge is 0.264 e. The number of amides is 1. The molecule has 2 aliphatic rings. The van der Waals surface area contributed by atoms with E-state index in [1.807, 2.05) is 36.1 Å². The molecular formula is C18H20N2O2S. The van der Waals surface area contributed by atoms with Crippen molar-refractivity contribution in [3.05, 3.63) is 45.9 Å². The van der Waals surface area contributed by atoms with Gasteiger partial charge >= 0.3 is 0 Å². The van der Waals surface area contributed by atoms with Crippen LogP contribution < -0.4 is 4.74 Å². The molecule has 5 heteroatoms. The third kappa shape index (κ3) is 2.74. The second kappa shape index (κ2) is 5.96. The molecule has 1 amide bonds. The number of rotatable bonds is 2. The fourth-order valence-electron chi connectivity index (χ4n) is 3.48. The van der Waals surface area contributed by atoms with Gasteiger partial charge in [0.05, 0.1) is 6.04 Å². The van der Waals surface area contributed by atoms with Crippen molar-refractivity contribution >= 4 is 17.2 Å². The minimum absolute atomic E-state index is 0.110. The number of nitrogens with zero attached hydrogens (tertiary/aromatic N) is 2. The van der Waals surface area contributed by atoms with Gasteiger partial charge in [-0.25, -0.2) is 4.98 Å². The number of ether oxygens (including phenoxy) is 1. The molecule has 0 unspecified atom stereocenters. The first kappa shape index (κ1) is 14.7. The molecule has 0 radical (unpaired) electrons. The van der Waals surface area contributed by atoms with Crippen LogP contribution in [0, 0.1) is 6.92 Å². The first-order valence-electron chi connectivity index (χ1n) is 8.19. The van der Waals surface area contributed by atoms with Gasteiger partial charge in [-0.05, 0) is 37.8 Å². The highest BCUT2D eigenvalue weighted by Gasteiger charge is 2.37. The number of likely N-dealkylation sites (tertiary alicyclic amines) is 1. The van der Waals surface area contributed by atoms with Crippen LogP contribution in [0.3, 0.4) is 0 Å². The third-order valence-corrected chi connectivity index (χ3v) is 5.69. The molecule has 1 fully saturated rings. The van der Waals surface area contributed by atoms with Crippen molar-refractivity contribution in [2.24, 2.45) is 0 Å². The van der Waals surface area contributed by atoms with E-state index in [0.717, 1.165) is 47.8 Å².